The van der Waals surface area contributed by atoms with Crippen molar-refractivity contribution in [1.82, 2.24) is 0 Å². The highest BCUT2D eigenvalue weighted by Crippen LogP contribution is 2.20. The van der Waals surface area contributed by atoms with Crippen molar-refractivity contribution >= 4 is 6.29 Å². The van der Waals surface area contributed by atoms with Gasteiger partial charge in [0.2, 0.25) is 0 Å². The molecule has 2 aromatic carbocycles. The van der Waals surface area contributed by atoms with Crippen molar-refractivity contribution in [1.29, 1.82) is 0 Å². The van der Waals surface area contributed by atoms with E-state index in [1.165, 1.54) is 12.1 Å². The molecule has 0 aliphatic heterocycles. The summed E-state index contributed by atoms with van der Waals surface area (Å²) in [5.74, 6) is -0.390. The van der Waals surface area contributed by atoms with E-state index >= 15 is 0 Å². The van der Waals surface area contributed by atoms with Crippen LogP contribution in [0, 0.1) is 5.82 Å². The molecule has 1 nitrogen and oxygen atoms in total. The number of carbonyl (C=O) groups excluding carboxylic acids is 1. The van der Waals surface area contributed by atoms with Crippen LogP contribution in [-0.2, 0) is 0 Å². The minimum Gasteiger partial charge on any atom is -0.298 e. The fraction of sp³-hybridized carbons (Fsp3) is 0. The molecule has 0 unspecified atom stereocenters. The maximum absolute atomic E-state index is 13.1. The number of halogens is 1. The van der Waals surface area contributed by atoms with Gasteiger partial charge in [-0.05, 0) is 29.3 Å². The Labute approximate surface area is 87.2 Å². The molecule has 0 amide bonds. The molecule has 0 heterocycles. The number of carbonyl (C=O) groups is 1. The van der Waals surface area contributed by atoms with Crippen LogP contribution < -0.4 is 0 Å². The Morgan fingerprint density at radius 3 is 2.33 bits per heavy atom. The number of rotatable bonds is 2. The molecule has 0 spiro atoms. The lowest BCUT2D eigenvalue weighted by atomic mass is 10.0. The Morgan fingerprint density at radius 2 is 1.67 bits per heavy atom. The average Bonchev–Trinajstić information content (AvgIpc) is 2.29. The van der Waals surface area contributed by atoms with Crippen LogP contribution in [0.25, 0.3) is 11.1 Å². The second kappa shape index (κ2) is 4.05. The van der Waals surface area contributed by atoms with Crippen LogP contribution >= 0.6 is 0 Å². The van der Waals surface area contributed by atoms with E-state index in [0.717, 1.165) is 11.1 Å². The summed E-state index contributed by atoms with van der Waals surface area (Å²) in [6.45, 7) is 0. The smallest absolute Gasteiger partial charge is 0.150 e. The van der Waals surface area contributed by atoms with Crippen molar-refractivity contribution in [2.45, 2.75) is 0 Å². The summed E-state index contributed by atoms with van der Waals surface area (Å²) in [6.07, 6.45) is 0.648. The number of hydrogen-bond acceptors (Lipinski definition) is 1. The van der Waals surface area contributed by atoms with Crippen LogP contribution in [0.2, 0.25) is 0 Å². The summed E-state index contributed by atoms with van der Waals surface area (Å²) < 4.78 is 13.1. The van der Waals surface area contributed by atoms with Crippen LogP contribution in [0.5, 0.6) is 0 Å². The van der Waals surface area contributed by atoms with Gasteiger partial charge in [-0.25, -0.2) is 4.39 Å². The van der Waals surface area contributed by atoms with Crippen LogP contribution in [-0.4, -0.2) is 6.29 Å². The molecular weight excluding hydrogens is 191 g/mol. The predicted octanol–water partition coefficient (Wildman–Crippen LogP) is 3.31. The standard InChI is InChI=1S/C13H9FO/c14-13-7-10(9-15)6-12(8-13)11-4-2-1-3-5-11/h1-9H. The van der Waals surface area contributed by atoms with Crippen molar-refractivity contribution < 1.29 is 9.18 Å². The molecule has 0 aliphatic rings. The normalized spacial score (nSPS) is 9.93. The Balaban J connectivity index is 2.53. The maximum Gasteiger partial charge on any atom is 0.150 e. The molecule has 0 N–H and O–H groups in total. The highest BCUT2D eigenvalue weighted by Gasteiger charge is 2.01. The summed E-state index contributed by atoms with van der Waals surface area (Å²) >= 11 is 0. The van der Waals surface area contributed by atoms with Gasteiger partial charge in [-0.1, -0.05) is 30.3 Å². The summed E-state index contributed by atoms with van der Waals surface area (Å²) in [4.78, 5) is 10.6. The van der Waals surface area contributed by atoms with Gasteiger partial charge >= 0.3 is 0 Å². The fourth-order valence-electron chi connectivity index (χ4n) is 1.48. The molecule has 0 aromatic heterocycles. The molecule has 0 bridgehead atoms. The molecule has 0 aliphatic carbocycles. The lowest BCUT2D eigenvalue weighted by molar-refractivity contribution is 0.112. The van der Waals surface area contributed by atoms with Gasteiger partial charge in [-0.3, -0.25) is 4.79 Å². The second-order valence-corrected chi connectivity index (χ2v) is 3.26. The fourth-order valence-corrected chi connectivity index (χ4v) is 1.48. The molecule has 0 atom stereocenters. The van der Waals surface area contributed by atoms with E-state index < -0.39 is 5.82 Å². The van der Waals surface area contributed by atoms with Gasteiger partial charge in [0.1, 0.15) is 12.1 Å². The molecule has 0 fully saturated rings. The predicted molar refractivity (Wildman–Crippen MR) is 57.2 cm³/mol. The van der Waals surface area contributed by atoms with Gasteiger partial charge in [0.15, 0.2) is 0 Å². The van der Waals surface area contributed by atoms with E-state index in [9.17, 15) is 9.18 Å². The summed E-state index contributed by atoms with van der Waals surface area (Å²) in [7, 11) is 0. The highest BCUT2D eigenvalue weighted by atomic mass is 19.1. The SMILES string of the molecule is O=Cc1cc(F)cc(-c2ccccc2)c1. The van der Waals surface area contributed by atoms with Gasteiger partial charge in [0.25, 0.3) is 0 Å². The zero-order chi connectivity index (χ0) is 10.7. The molecule has 2 aromatic rings. The Morgan fingerprint density at radius 1 is 0.933 bits per heavy atom. The molecule has 2 rings (SSSR count). The van der Waals surface area contributed by atoms with Gasteiger partial charge in [-0.15, -0.1) is 0 Å². The molecule has 2 heteroatoms. The van der Waals surface area contributed by atoms with E-state index in [1.54, 1.807) is 6.07 Å². The zero-order valence-corrected chi connectivity index (χ0v) is 7.98. The number of hydrogen-bond donors (Lipinski definition) is 0. The molecule has 15 heavy (non-hydrogen) atoms. The average molecular weight is 200 g/mol. The first kappa shape index (κ1) is 9.59. The number of benzene rings is 2. The molecule has 0 radical (unpaired) electrons. The van der Waals surface area contributed by atoms with E-state index in [0.29, 0.717) is 11.8 Å². The monoisotopic (exact) mass is 200 g/mol. The molecule has 0 saturated heterocycles. The topological polar surface area (TPSA) is 17.1 Å². The first-order chi connectivity index (χ1) is 7.29. The lowest BCUT2D eigenvalue weighted by Gasteiger charge is -2.02. The van der Waals surface area contributed by atoms with E-state index in [4.69, 9.17) is 0 Å². The Bertz CT molecular complexity index is 477. The third-order valence-corrected chi connectivity index (χ3v) is 2.16. The van der Waals surface area contributed by atoms with Crippen LogP contribution in [0.3, 0.4) is 0 Å². The first-order valence-corrected chi connectivity index (χ1v) is 4.61. The van der Waals surface area contributed by atoms with Crippen LogP contribution in [0.1, 0.15) is 10.4 Å². The van der Waals surface area contributed by atoms with E-state index in [-0.39, 0.29) is 0 Å². The summed E-state index contributed by atoms with van der Waals surface area (Å²) in [5, 5.41) is 0. The molecule has 0 saturated carbocycles. The lowest BCUT2D eigenvalue weighted by Crippen LogP contribution is -1.86. The Hall–Kier alpha value is -1.96. The third-order valence-electron chi connectivity index (χ3n) is 2.16. The van der Waals surface area contributed by atoms with Crippen molar-refractivity contribution in [2.75, 3.05) is 0 Å². The van der Waals surface area contributed by atoms with Gasteiger partial charge in [-0.2, -0.15) is 0 Å². The van der Waals surface area contributed by atoms with Gasteiger partial charge in [0.05, 0.1) is 0 Å². The minimum atomic E-state index is -0.390. The van der Waals surface area contributed by atoms with Crippen molar-refractivity contribution in [3.63, 3.8) is 0 Å². The van der Waals surface area contributed by atoms with Crippen LogP contribution in [0.4, 0.5) is 4.39 Å². The zero-order valence-electron chi connectivity index (χ0n) is 7.98. The van der Waals surface area contributed by atoms with E-state index in [2.05, 4.69) is 0 Å². The first-order valence-electron chi connectivity index (χ1n) is 4.61. The van der Waals surface area contributed by atoms with Gasteiger partial charge in [0, 0.05) is 5.56 Å². The van der Waals surface area contributed by atoms with Gasteiger partial charge < -0.3 is 0 Å². The van der Waals surface area contributed by atoms with Crippen LogP contribution in [0.15, 0.2) is 48.5 Å². The number of aldehydes is 1. The minimum absolute atomic E-state index is 0.355. The largest absolute Gasteiger partial charge is 0.298 e. The third kappa shape index (κ3) is 2.10. The molecular formula is C13H9FO. The van der Waals surface area contributed by atoms with Crippen molar-refractivity contribution in [3.8, 4) is 11.1 Å². The Kier molecular flexibility index (Phi) is 2.59. The maximum atomic E-state index is 13.1. The quantitative estimate of drug-likeness (QED) is 0.680. The van der Waals surface area contributed by atoms with E-state index in [1.807, 2.05) is 30.3 Å². The molecule has 74 valence electrons. The van der Waals surface area contributed by atoms with Crippen molar-refractivity contribution in [2.24, 2.45) is 0 Å². The second-order valence-electron chi connectivity index (χ2n) is 3.26. The highest BCUT2D eigenvalue weighted by molar-refractivity contribution is 5.78. The summed E-state index contributed by atoms with van der Waals surface area (Å²) in [6, 6.07) is 13.7. The van der Waals surface area contributed by atoms with Crippen molar-refractivity contribution in [3.05, 3.63) is 59.9 Å². The summed E-state index contributed by atoms with van der Waals surface area (Å²) in [5.41, 5.74) is 1.98.